The Morgan fingerprint density at radius 3 is 2.83 bits per heavy atom. The van der Waals surface area contributed by atoms with Gasteiger partial charge in [0.05, 0.1) is 5.69 Å². The number of aliphatic imine (C=N–C) groups is 1. The highest BCUT2D eigenvalue weighted by Gasteiger charge is 2.21. The molecule has 1 heterocycles. The maximum Gasteiger partial charge on any atom is 0.188 e. The Balaban J connectivity index is 0.00000162. The Morgan fingerprint density at radius 1 is 1.56 bits per heavy atom. The molecule has 0 bridgehead atoms. The maximum atomic E-state index is 5.74. The van der Waals surface area contributed by atoms with Gasteiger partial charge in [-0.15, -0.1) is 24.0 Å². The quantitative estimate of drug-likeness (QED) is 0.361. The molecule has 102 valence electrons. The monoisotopic (exact) mass is 363 g/mol. The van der Waals surface area contributed by atoms with Crippen molar-refractivity contribution in [1.82, 2.24) is 15.1 Å². The zero-order valence-electron chi connectivity index (χ0n) is 11.0. The number of halogens is 1. The van der Waals surface area contributed by atoms with Crippen molar-refractivity contribution in [3.63, 3.8) is 0 Å². The Bertz CT molecular complexity index is 409. The first kappa shape index (κ1) is 15.3. The first-order valence-corrected chi connectivity index (χ1v) is 6.22. The highest BCUT2D eigenvalue weighted by Crippen LogP contribution is 2.17. The number of nitrogens with zero attached hydrogens (tertiary/aromatic N) is 3. The molecule has 2 rings (SSSR count). The molecule has 0 radical (unpaired) electrons. The minimum Gasteiger partial charge on any atom is -0.370 e. The van der Waals surface area contributed by atoms with Crippen molar-refractivity contribution in [2.45, 2.75) is 45.7 Å². The van der Waals surface area contributed by atoms with Crippen molar-refractivity contribution in [2.24, 2.45) is 10.7 Å². The topological polar surface area (TPSA) is 68.2 Å². The lowest BCUT2D eigenvalue weighted by Gasteiger charge is -2.04. The number of nitrogens with two attached hydrogens (primary N) is 1. The van der Waals surface area contributed by atoms with Crippen LogP contribution in [0.5, 0.6) is 0 Å². The van der Waals surface area contributed by atoms with Gasteiger partial charge in [-0.2, -0.15) is 5.10 Å². The third kappa shape index (κ3) is 4.83. The Labute approximate surface area is 125 Å². The fraction of sp³-hybridized carbons (Fsp3) is 0.667. The summed E-state index contributed by atoms with van der Waals surface area (Å²) in [5, 5.41) is 7.58. The molecular formula is C12H22IN5. The average Bonchev–Trinajstić information content (AvgIpc) is 3.00. The van der Waals surface area contributed by atoms with Gasteiger partial charge in [0.1, 0.15) is 0 Å². The summed E-state index contributed by atoms with van der Waals surface area (Å²) in [5.74, 6) is 0.584. The number of hydrogen-bond acceptors (Lipinski definition) is 2. The number of guanidine groups is 1. The van der Waals surface area contributed by atoms with Crippen LogP contribution in [0.25, 0.3) is 0 Å². The second-order valence-electron chi connectivity index (χ2n) is 4.69. The zero-order chi connectivity index (χ0) is 12.3. The van der Waals surface area contributed by atoms with Crippen LogP contribution in [-0.2, 0) is 6.54 Å². The second-order valence-corrected chi connectivity index (χ2v) is 4.69. The van der Waals surface area contributed by atoms with Gasteiger partial charge in [-0.05, 0) is 39.2 Å². The molecule has 1 aliphatic rings. The van der Waals surface area contributed by atoms with Crippen LogP contribution in [0.1, 0.15) is 30.7 Å². The summed E-state index contributed by atoms with van der Waals surface area (Å²) in [5.41, 5.74) is 8.02. The normalized spacial score (nSPS) is 15.3. The van der Waals surface area contributed by atoms with E-state index in [-0.39, 0.29) is 24.0 Å². The average molecular weight is 363 g/mol. The molecule has 0 spiro atoms. The van der Waals surface area contributed by atoms with E-state index < -0.39 is 0 Å². The summed E-state index contributed by atoms with van der Waals surface area (Å²) < 4.78 is 2.02. The van der Waals surface area contributed by atoms with Crippen LogP contribution in [0, 0.1) is 13.8 Å². The summed E-state index contributed by atoms with van der Waals surface area (Å²) in [7, 11) is 0. The van der Waals surface area contributed by atoms with Gasteiger partial charge in [-0.3, -0.25) is 9.67 Å². The highest BCUT2D eigenvalue weighted by molar-refractivity contribution is 14.0. The summed E-state index contributed by atoms with van der Waals surface area (Å²) in [6, 6.07) is 2.67. The molecule has 6 heteroatoms. The summed E-state index contributed by atoms with van der Waals surface area (Å²) in [6.45, 7) is 5.75. The van der Waals surface area contributed by atoms with Crippen LogP contribution in [-0.4, -0.2) is 28.3 Å². The molecule has 1 fully saturated rings. The van der Waals surface area contributed by atoms with E-state index in [1.165, 1.54) is 18.5 Å². The number of hydrogen-bond donors (Lipinski definition) is 2. The zero-order valence-corrected chi connectivity index (χ0v) is 13.3. The fourth-order valence-corrected chi connectivity index (χ4v) is 1.80. The smallest absolute Gasteiger partial charge is 0.188 e. The largest absolute Gasteiger partial charge is 0.370 e. The van der Waals surface area contributed by atoms with Gasteiger partial charge >= 0.3 is 0 Å². The van der Waals surface area contributed by atoms with Crippen LogP contribution in [0.2, 0.25) is 0 Å². The number of aryl methyl sites for hydroxylation is 3. The van der Waals surface area contributed by atoms with Gasteiger partial charge in [0, 0.05) is 24.8 Å². The molecule has 1 saturated carbocycles. The molecule has 0 atom stereocenters. The first-order valence-electron chi connectivity index (χ1n) is 6.22. The maximum absolute atomic E-state index is 5.74. The molecule has 0 aromatic carbocycles. The summed E-state index contributed by atoms with van der Waals surface area (Å²) >= 11 is 0. The Kier molecular flexibility index (Phi) is 5.90. The van der Waals surface area contributed by atoms with E-state index in [4.69, 9.17) is 5.73 Å². The van der Waals surface area contributed by atoms with Crippen molar-refractivity contribution < 1.29 is 0 Å². The molecule has 1 aromatic heterocycles. The lowest BCUT2D eigenvalue weighted by atomic mass is 10.4. The molecule has 1 aromatic rings. The van der Waals surface area contributed by atoms with Crippen LogP contribution in [0.3, 0.4) is 0 Å². The lowest BCUT2D eigenvalue weighted by molar-refractivity contribution is 0.567. The second kappa shape index (κ2) is 6.96. The third-order valence-electron chi connectivity index (χ3n) is 2.84. The van der Waals surface area contributed by atoms with E-state index in [9.17, 15) is 0 Å². The van der Waals surface area contributed by atoms with Crippen LogP contribution in [0.4, 0.5) is 0 Å². The van der Waals surface area contributed by atoms with Gasteiger partial charge in [-0.1, -0.05) is 0 Å². The van der Waals surface area contributed by atoms with Crippen LogP contribution >= 0.6 is 24.0 Å². The molecule has 1 aliphatic carbocycles. The molecule has 3 N–H and O–H groups in total. The van der Waals surface area contributed by atoms with Crippen molar-refractivity contribution in [3.05, 3.63) is 17.5 Å². The van der Waals surface area contributed by atoms with Gasteiger partial charge in [0.25, 0.3) is 0 Å². The van der Waals surface area contributed by atoms with Gasteiger partial charge < -0.3 is 11.1 Å². The number of aromatic nitrogens is 2. The van der Waals surface area contributed by atoms with E-state index in [0.717, 1.165) is 25.2 Å². The predicted molar refractivity (Wildman–Crippen MR) is 84.4 cm³/mol. The molecular weight excluding hydrogens is 341 g/mol. The van der Waals surface area contributed by atoms with Crippen molar-refractivity contribution in [1.29, 1.82) is 0 Å². The van der Waals surface area contributed by atoms with Crippen LogP contribution < -0.4 is 11.1 Å². The molecule has 5 nitrogen and oxygen atoms in total. The Hall–Kier alpha value is -0.790. The minimum atomic E-state index is 0. The molecule has 0 amide bonds. The first-order chi connectivity index (χ1) is 8.15. The third-order valence-corrected chi connectivity index (χ3v) is 2.84. The van der Waals surface area contributed by atoms with E-state index in [1.807, 2.05) is 11.6 Å². The van der Waals surface area contributed by atoms with Gasteiger partial charge in [0.15, 0.2) is 5.96 Å². The predicted octanol–water partition coefficient (Wildman–Crippen LogP) is 1.57. The lowest BCUT2D eigenvalue weighted by Crippen LogP contribution is -2.33. The van der Waals surface area contributed by atoms with Gasteiger partial charge in [-0.25, -0.2) is 0 Å². The fourth-order valence-electron chi connectivity index (χ4n) is 1.80. The Morgan fingerprint density at radius 2 is 2.28 bits per heavy atom. The molecule has 0 aliphatic heterocycles. The molecule has 0 unspecified atom stereocenters. The van der Waals surface area contributed by atoms with E-state index in [2.05, 4.69) is 28.4 Å². The number of rotatable bonds is 5. The molecule has 18 heavy (non-hydrogen) atoms. The van der Waals surface area contributed by atoms with Crippen molar-refractivity contribution in [2.75, 3.05) is 6.54 Å². The summed E-state index contributed by atoms with van der Waals surface area (Å²) in [4.78, 5) is 4.30. The highest BCUT2D eigenvalue weighted by atomic mass is 127. The van der Waals surface area contributed by atoms with Crippen molar-refractivity contribution in [3.8, 4) is 0 Å². The molecule has 0 saturated heterocycles. The summed E-state index contributed by atoms with van der Waals surface area (Å²) in [6.07, 6.45) is 3.42. The standard InChI is InChI=1S/C12H21N5.HI/c1-9-8-10(2)17(16-9)7-3-6-14-12(13)15-11-4-5-11;/h8,11H,3-7H2,1-2H3,(H3,13,14,15);1H. The number of nitrogens with one attached hydrogen (secondary N) is 1. The van der Waals surface area contributed by atoms with Crippen molar-refractivity contribution >= 4 is 29.9 Å². The van der Waals surface area contributed by atoms with E-state index in [0.29, 0.717) is 12.0 Å². The minimum absolute atomic E-state index is 0. The van der Waals surface area contributed by atoms with Crippen LogP contribution in [0.15, 0.2) is 11.1 Å². The SMILES string of the molecule is Cc1cc(C)n(CCCN=C(N)NC2CC2)n1.I. The van der Waals surface area contributed by atoms with E-state index in [1.54, 1.807) is 0 Å². The van der Waals surface area contributed by atoms with E-state index >= 15 is 0 Å². The van der Waals surface area contributed by atoms with Gasteiger partial charge in [0.2, 0.25) is 0 Å².